The van der Waals surface area contributed by atoms with Gasteiger partial charge in [0.25, 0.3) is 5.91 Å². The van der Waals surface area contributed by atoms with Crippen molar-refractivity contribution >= 4 is 39.5 Å². The minimum atomic E-state index is -2.73. The van der Waals surface area contributed by atoms with Gasteiger partial charge < -0.3 is 19.3 Å². The normalized spacial score (nSPS) is 11.7. The number of ether oxygens (including phenoxy) is 2. The Morgan fingerprint density at radius 2 is 1.83 bits per heavy atom. The van der Waals surface area contributed by atoms with Crippen molar-refractivity contribution in [2.45, 2.75) is 6.61 Å². The molecule has 0 saturated carbocycles. The molecule has 1 aromatic heterocycles. The SMILES string of the molecule is COc1ccc(N(c2cccc3cccnc23)S(=O)[O-])c(C(=O)NCCOCc2ccccc2)c1. The number of nitrogens with one attached hydrogen (secondary N) is 1. The molecule has 0 aliphatic rings. The first kappa shape index (κ1) is 24.3. The number of nitrogens with zero attached hydrogens (tertiary/aromatic N) is 2. The van der Waals surface area contributed by atoms with Gasteiger partial charge in [0.15, 0.2) is 0 Å². The van der Waals surface area contributed by atoms with E-state index >= 15 is 0 Å². The monoisotopic (exact) mass is 490 g/mol. The van der Waals surface area contributed by atoms with Gasteiger partial charge in [0.2, 0.25) is 0 Å². The molecule has 1 amide bonds. The summed E-state index contributed by atoms with van der Waals surface area (Å²) in [5.41, 5.74) is 2.19. The summed E-state index contributed by atoms with van der Waals surface area (Å²) >= 11 is -2.73. The fourth-order valence-electron chi connectivity index (χ4n) is 3.64. The van der Waals surface area contributed by atoms with Crippen LogP contribution >= 0.6 is 0 Å². The highest BCUT2D eigenvalue weighted by Crippen LogP contribution is 2.35. The van der Waals surface area contributed by atoms with Crippen molar-refractivity contribution in [1.29, 1.82) is 0 Å². The van der Waals surface area contributed by atoms with E-state index in [1.807, 2.05) is 42.5 Å². The first-order valence-electron chi connectivity index (χ1n) is 10.9. The lowest BCUT2D eigenvalue weighted by Gasteiger charge is -2.29. The van der Waals surface area contributed by atoms with E-state index < -0.39 is 17.2 Å². The van der Waals surface area contributed by atoms with Crippen LogP contribution in [0.5, 0.6) is 5.75 Å². The number of hydrogen-bond donors (Lipinski definition) is 1. The molecule has 4 aromatic rings. The van der Waals surface area contributed by atoms with Crippen molar-refractivity contribution in [2.75, 3.05) is 24.6 Å². The van der Waals surface area contributed by atoms with Gasteiger partial charge in [0.1, 0.15) is 5.75 Å². The van der Waals surface area contributed by atoms with Gasteiger partial charge in [-0.3, -0.25) is 18.3 Å². The molecule has 35 heavy (non-hydrogen) atoms. The van der Waals surface area contributed by atoms with E-state index in [-0.39, 0.29) is 17.8 Å². The zero-order valence-corrected chi connectivity index (χ0v) is 19.9. The number of anilines is 2. The molecule has 1 atom stereocenters. The first-order chi connectivity index (χ1) is 17.1. The van der Waals surface area contributed by atoms with Gasteiger partial charge in [-0.05, 0) is 35.9 Å². The minimum Gasteiger partial charge on any atom is -0.755 e. The van der Waals surface area contributed by atoms with Gasteiger partial charge >= 0.3 is 0 Å². The molecular weight excluding hydrogens is 466 g/mol. The van der Waals surface area contributed by atoms with Crippen LogP contribution in [-0.2, 0) is 22.6 Å². The number of carbonyl (C=O) groups excluding carboxylic acids is 1. The van der Waals surface area contributed by atoms with Crippen LogP contribution in [0.2, 0.25) is 0 Å². The molecular formula is C26H24N3O5S-. The number of carbonyl (C=O) groups is 1. The minimum absolute atomic E-state index is 0.143. The van der Waals surface area contributed by atoms with Crippen molar-refractivity contribution in [3.05, 3.63) is 96.2 Å². The fourth-order valence-corrected chi connectivity index (χ4v) is 4.27. The van der Waals surface area contributed by atoms with Gasteiger partial charge in [0, 0.05) is 18.1 Å². The molecule has 0 fully saturated rings. The van der Waals surface area contributed by atoms with Crippen molar-refractivity contribution < 1.29 is 23.0 Å². The third-order valence-electron chi connectivity index (χ3n) is 5.29. The van der Waals surface area contributed by atoms with E-state index in [9.17, 15) is 13.6 Å². The maximum Gasteiger partial charge on any atom is 0.253 e. The van der Waals surface area contributed by atoms with E-state index in [1.165, 1.54) is 19.2 Å². The van der Waals surface area contributed by atoms with Gasteiger partial charge in [-0.25, -0.2) is 0 Å². The number of methoxy groups -OCH3 is 1. The highest BCUT2D eigenvalue weighted by atomic mass is 32.2. The summed E-state index contributed by atoms with van der Waals surface area (Å²) in [6, 6.07) is 23.2. The van der Waals surface area contributed by atoms with E-state index in [2.05, 4.69) is 10.3 Å². The Bertz CT molecular complexity index is 1330. The van der Waals surface area contributed by atoms with Crippen LogP contribution in [0.15, 0.2) is 85.1 Å². The fraction of sp³-hybridized carbons (Fsp3) is 0.154. The summed E-state index contributed by atoms with van der Waals surface area (Å²) in [7, 11) is 1.48. The van der Waals surface area contributed by atoms with Crippen LogP contribution in [0.25, 0.3) is 10.9 Å². The standard InChI is InChI=1S/C26H25N3O5S/c1-33-21-12-13-23(29(35(31)32)24-11-5-9-20-10-6-14-27-25(20)24)22(17-21)26(30)28-15-16-34-18-19-7-3-2-4-8-19/h2-14,17H,15-16,18H2,1H3,(H,28,30)(H,31,32)/p-1. The zero-order chi connectivity index (χ0) is 24.6. The van der Waals surface area contributed by atoms with E-state index in [0.29, 0.717) is 30.2 Å². The molecule has 3 aromatic carbocycles. The molecule has 0 saturated heterocycles. The third kappa shape index (κ3) is 5.83. The Morgan fingerprint density at radius 3 is 2.60 bits per heavy atom. The predicted molar refractivity (Wildman–Crippen MR) is 134 cm³/mol. The number of para-hydroxylation sites is 1. The summed E-state index contributed by atoms with van der Waals surface area (Å²) in [5, 5.41) is 3.57. The summed E-state index contributed by atoms with van der Waals surface area (Å²) in [6.45, 7) is 0.973. The summed E-state index contributed by atoms with van der Waals surface area (Å²) < 4.78 is 36.8. The molecule has 0 aliphatic heterocycles. The van der Waals surface area contributed by atoms with Crippen molar-refractivity contribution in [2.24, 2.45) is 0 Å². The Morgan fingerprint density at radius 1 is 1.03 bits per heavy atom. The summed E-state index contributed by atoms with van der Waals surface area (Å²) in [6.07, 6.45) is 1.59. The highest BCUT2D eigenvalue weighted by molar-refractivity contribution is 7.81. The number of amides is 1. The Balaban J connectivity index is 1.58. The molecule has 0 radical (unpaired) electrons. The van der Waals surface area contributed by atoms with Crippen molar-refractivity contribution in [1.82, 2.24) is 10.3 Å². The molecule has 180 valence electrons. The van der Waals surface area contributed by atoms with Gasteiger partial charge in [-0.1, -0.05) is 48.5 Å². The van der Waals surface area contributed by atoms with Gasteiger partial charge in [-0.2, -0.15) is 0 Å². The second-order valence-electron chi connectivity index (χ2n) is 7.54. The van der Waals surface area contributed by atoms with Crippen LogP contribution < -0.4 is 14.4 Å². The number of rotatable bonds is 10. The Kier molecular flexibility index (Phi) is 8.04. The van der Waals surface area contributed by atoms with E-state index in [1.54, 1.807) is 30.5 Å². The molecule has 0 aliphatic carbocycles. The second-order valence-corrected chi connectivity index (χ2v) is 8.34. The Hall–Kier alpha value is -3.79. The van der Waals surface area contributed by atoms with E-state index in [0.717, 1.165) is 15.3 Å². The molecule has 1 unspecified atom stereocenters. The lowest BCUT2D eigenvalue weighted by atomic mass is 10.1. The van der Waals surface area contributed by atoms with Crippen LogP contribution in [-0.4, -0.2) is 39.9 Å². The van der Waals surface area contributed by atoms with Crippen molar-refractivity contribution in [3.8, 4) is 5.75 Å². The molecule has 4 rings (SSSR count). The van der Waals surface area contributed by atoms with Crippen LogP contribution in [0.3, 0.4) is 0 Å². The molecule has 1 heterocycles. The largest absolute Gasteiger partial charge is 0.755 e. The topological polar surface area (TPSA) is 104 Å². The maximum atomic E-state index is 13.1. The van der Waals surface area contributed by atoms with Crippen LogP contribution in [0.4, 0.5) is 11.4 Å². The third-order valence-corrected chi connectivity index (χ3v) is 5.98. The average Bonchev–Trinajstić information content (AvgIpc) is 2.89. The maximum absolute atomic E-state index is 13.1. The number of benzene rings is 3. The lowest BCUT2D eigenvalue weighted by Crippen LogP contribution is -2.30. The molecule has 0 bridgehead atoms. The Labute approximate surface area is 205 Å². The highest BCUT2D eigenvalue weighted by Gasteiger charge is 2.22. The smallest absolute Gasteiger partial charge is 0.253 e. The summed E-state index contributed by atoms with van der Waals surface area (Å²) in [4.78, 5) is 17.5. The summed E-state index contributed by atoms with van der Waals surface area (Å²) in [5.74, 6) is -0.0299. The average molecular weight is 491 g/mol. The molecule has 9 heteroatoms. The predicted octanol–water partition coefficient (Wildman–Crippen LogP) is 4.12. The van der Waals surface area contributed by atoms with Crippen LogP contribution in [0.1, 0.15) is 15.9 Å². The quantitative estimate of drug-likeness (QED) is 0.265. The number of fused-ring (bicyclic) bond motifs is 1. The number of hydrogen-bond acceptors (Lipinski definition) is 6. The second kappa shape index (κ2) is 11.6. The van der Waals surface area contributed by atoms with Crippen LogP contribution in [0, 0.1) is 0 Å². The van der Waals surface area contributed by atoms with Gasteiger partial charge in [0.05, 0.1) is 54.0 Å². The number of aromatic nitrogens is 1. The number of pyridine rings is 1. The lowest BCUT2D eigenvalue weighted by molar-refractivity contribution is 0.0901. The van der Waals surface area contributed by atoms with Crippen molar-refractivity contribution in [3.63, 3.8) is 0 Å². The molecule has 1 N–H and O–H groups in total. The zero-order valence-electron chi connectivity index (χ0n) is 19.0. The first-order valence-corrected chi connectivity index (χ1v) is 11.9. The molecule has 8 nitrogen and oxygen atoms in total. The molecule has 0 spiro atoms. The van der Waals surface area contributed by atoms with E-state index in [4.69, 9.17) is 9.47 Å². The van der Waals surface area contributed by atoms with Gasteiger partial charge in [-0.15, -0.1) is 0 Å².